The number of hydrogen-bond acceptors (Lipinski definition) is 3. The van der Waals surface area contributed by atoms with Gasteiger partial charge >= 0.3 is 0 Å². The van der Waals surface area contributed by atoms with Crippen LogP contribution in [-0.4, -0.2) is 26.8 Å². The van der Waals surface area contributed by atoms with Crippen LogP contribution in [0.15, 0.2) is 18.5 Å². The zero-order valence-corrected chi connectivity index (χ0v) is 15.2. The molecule has 5 nitrogen and oxygen atoms in total. The van der Waals surface area contributed by atoms with Crippen LogP contribution in [0.3, 0.4) is 0 Å². The van der Waals surface area contributed by atoms with Crippen LogP contribution >= 0.6 is 0 Å². The van der Waals surface area contributed by atoms with Crippen molar-refractivity contribution in [3.63, 3.8) is 0 Å². The number of hydrogen-bond donors (Lipinski definition) is 1. The van der Waals surface area contributed by atoms with Crippen molar-refractivity contribution in [2.75, 3.05) is 6.54 Å². The van der Waals surface area contributed by atoms with Crippen molar-refractivity contribution >= 4 is 17.1 Å². The molecule has 1 N–H and O–H groups in total. The van der Waals surface area contributed by atoms with E-state index in [0.717, 1.165) is 23.5 Å². The largest absolute Gasteiger partial charge is 0.352 e. The molecule has 3 aliphatic carbocycles. The molecule has 0 unspecified atom stereocenters. The van der Waals surface area contributed by atoms with Gasteiger partial charge in [-0.15, -0.1) is 0 Å². The molecule has 0 saturated heterocycles. The number of amides is 1. The number of rotatable bonds is 5. The first-order valence-electron chi connectivity index (χ1n) is 10.1. The topological polar surface area (TPSA) is 59.3 Å². The molecule has 0 spiro atoms. The van der Waals surface area contributed by atoms with Crippen LogP contribution in [0.4, 0.5) is 0 Å². The van der Waals surface area contributed by atoms with Gasteiger partial charge in [0.1, 0.15) is 0 Å². The number of imidazole rings is 1. The number of nitrogens with one attached hydrogen (secondary N) is 1. The zero-order valence-electron chi connectivity index (χ0n) is 15.2. The molecule has 136 valence electrons. The summed E-state index contributed by atoms with van der Waals surface area (Å²) in [6.45, 7) is 0.594. The highest BCUT2D eigenvalue weighted by Crippen LogP contribution is 2.34. The first-order chi connectivity index (χ1) is 12.8. The van der Waals surface area contributed by atoms with Gasteiger partial charge in [0, 0.05) is 31.5 Å². The molecule has 1 amide bonds. The third-order valence-electron chi connectivity index (χ3n) is 6.12. The van der Waals surface area contributed by atoms with Gasteiger partial charge in [0.15, 0.2) is 5.65 Å². The summed E-state index contributed by atoms with van der Waals surface area (Å²) in [6, 6.07) is 0. The van der Waals surface area contributed by atoms with E-state index in [2.05, 4.69) is 27.0 Å². The lowest BCUT2D eigenvalue weighted by molar-refractivity contribution is -0.121. The van der Waals surface area contributed by atoms with Gasteiger partial charge in [0.25, 0.3) is 0 Å². The van der Waals surface area contributed by atoms with E-state index in [1.807, 2.05) is 6.20 Å². The Morgan fingerprint density at radius 1 is 1.19 bits per heavy atom. The van der Waals surface area contributed by atoms with E-state index in [0.29, 0.717) is 24.8 Å². The van der Waals surface area contributed by atoms with E-state index in [9.17, 15) is 4.79 Å². The van der Waals surface area contributed by atoms with E-state index >= 15 is 0 Å². The Kier molecular flexibility index (Phi) is 4.03. The van der Waals surface area contributed by atoms with E-state index in [4.69, 9.17) is 4.98 Å². The molecule has 5 rings (SSSR count). The molecular weight excluding hydrogens is 324 g/mol. The molecule has 3 aliphatic rings. The molecule has 0 aromatic carbocycles. The Labute approximate surface area is 153 Å². The second-order valence-electron chi connectivity index (χ2n) is 8.14. The van der Waals surface area contributed by atoms with Crippen molar-refractivity contribution in [2.45, 2.75) is 63.7 Å². The Bertz CT molecular complexity index is 872. The smallest absolute Gasteiger partial charge is 0.220 e. The monoisotopic (exact) mass is 350 g/mol. The summed E-state index contributed by atoms with van der Waals surface area (Å²) in [6.07, 6.45) is 16.7. The molecule has 26 heavy (non-hydrogen) atoms. The fourth-order valence-electron chi connectivity index (χ4n) is 4.43. The third-order valence-corrected chi connectivity index (χ3v) is 6.12. The van der Waals surface area contributed by atoms with Crippen LogP contribution in [0.25, 0.3) is 11.2 Å². The minimum atomic E-state index is 0.176. The third kappa shape index (κ3) is 3.04. The predicted octanol–water partition coefficient (Wildman–Crippen LogP) is 3.63. The molecule has 2 heterocycles. The maximum Gasteiger partial charge on any atom is 0.220 e. The van der Waals surface area contributed by atoms with Gasteiger partial charge in [-0.25, -0.2) is 4.98 Å². The van der Waals surface area contributed by atoms with Crippen molar-refractivity contribution in [3.05, 3.63) is 35.6 Å². The number of nitrogens with zero attached hydrogens (tertiary/aromatic N) is 3. The normalized spacial score (nSPS) is 20.2. The van der Waals surface area contributed by atoms with Crippen molar-refractivity contribution in [2.24, 2.45) is 5.92 Å². The Morgan fingerprint density at radius 3 is 2.85 bits per heavy atom. The SMILES string of the molecule is O=C(CC1CC1)NCC1=CCc2ncc3nc(C4CCCCC4)cn3c21. The van der Waals surface area contributed by atoms with Gasteiger partial charge in [-0.1, -0.05) is 25.3 Å². The average Bonchev–Trinajstić information content (AvgIpc) is 3.21. The molecular formula is C21H26N4O. The Balaban J connectivity index is 1.38. The zero-order chi connectivity index (χ0) is 17.5. The second-order valence-corrected chi connectivity index (χ2v) is 8.14. The van der Waals surface area contributed by atoms with Crippen LogP contribution in [0.5, 0.6) is 0 Å². The van der Waals surface area contributed by atoms with E-state index < -0.39 is 0 Å². The summed E-state index contributed by atoms with van der Waals surface area (Å²) in [5.41, 5.74) is 5.56. The summed E-state index contributed by atoms with van der Waals surface area (Å²) < 4.78 is 2.21. The molecule has 2 saturated carbocycles. The second kappa shape index (κ2) is 6.53. The Hall–Kier alpha value is -2.17. The number of aromatic nitrogens is 3. The lowest BCUT2D eigenvalue weighted by Crippen LogP contribution is -2.25. The number of fused-ring (bicyclic) bond motifs is 3. The van der Waals surface area contributed by atoms with Gasteiger partial charge in [-0.2, -0.15) is 0 Å². The van der Waals surface area contributed by atoms with E-state index in [1.54, 1.807) is 0 Å². The van der Waals surface area contributed by atoms with Crippen molar-refractivity contribution in [1.82, 2.24) is 19.7 Å². The van der Waals surface area contributed by atoms with Gasteiger partial charge in [0.2, 0.25) is 5.91 Å². The van der Waals surface area contributed by atoms with E-state index in [1.165, 1.54) is 56.2 Å². The highest BCUT2D eigenvalue weighted by Gasteiger charge is 2.26. The minimum absolute atomic E-state index is 0.176. The van der Waals surface area contributed by atoms with Crippen LogP contribution in [0, 0.1) is 5.92 Å². The first kappa shape index (κ1) is 16.0. The molecule has 2 aromatic rings. The highest BCUT2D eigenvalue weighted by molar-refractivity contribution is 5.80. The molecule has 2 fully saturated rings. The molecule has 5 heteroatoms. The molecule has 0 bridgehead atoms. The molecule has 0 radical (unpaired) electrons. The van der Waals surface area contributed by atoms with Crippen molar-refractivity contribution in [1.29, 1.82) is 0 Å². The maximum atomic E-state index is 12.1. The Morgan fingerprint density at radius 2 is 2.04 bits per heavy atom. The molecule has 2 aromatic heterocycles. The summed E-state index contributed by atoms with van der Waals surface area (Å²) in [5.74, 6) is 1.39. The van der Waals surface area contributed by atoms with Crippen LogP contribution in [-0.2, 0) is 11.2 Å². The highest BCUT2D eigenvalue weighted by atomic mass is 16.1. The van der Waals surface area contributed by atoms with Crippen LogP contribution in [0.2, 0.25) is 0 Å². The van der Waals surface area contributed by atoms with Gasteiger partial charge in [-0.05, 0) is 37.2 Å². The summed E-state index contributed by atoms with van der Waals surface area (Å²) in [7, 11) is 0. The van der Waals surface area contributed by atoms with Crippen LogP contribution in [0.1, 0.15) is 74.4 Å². The van der Waals surface area contributed by atoms with Gasteiger partial charge < -0.3 is 5.32 Å². The average molecular weight is 350 g/mol. The summed E-state index contributed by atoms with van der Waals surface area (Å²) in [5, 5.41) is 3.10. The number of allylic oxidation sites excluding steroid dienone is 1. The molecule has 0 aliphatic heterocycles. The van der Waals surface area contributed by atoms with E-state index in [-0.39, 0.29) is 5.91 Å². The summed E-state index contributed by atoms with van der Waals surface area (Å²) >= 11 is 0. The minimum Gasteiger partial charge on any atom is -0.352 e. The summed E-state index contributed by atoms with van der Waals surface area (Å²) in [4.78, 5) is 21.6. The number of carbonyl (C=O) groups excluding carboxylic acids is 1. The van der Waals surface area contributed by atoms with Crippen LogP contribution < -0.4 is 5.32 Å². The molecule has 0 atom stereocenters. The van der Waals surface area contributed by atoms with Crippen molar-refractivity contribution < 1.29 is 4.79 Å². The lowest BCUT2D eigenvalue weighted by atomic mass is 9.87. The quantitative estimate of drug-likeness (QED) is 0.896. The first-order valence-corrected chi connectivity index (χ1v) is 10.1. The van der Waals surface area contributed by atoms with Gasteiger partial charge in [-0.3, -0.25) is 14.2 Å². The maximum absolute atomic E-state index is 12.1. The standard InChI is InChI=1S/C21H26N4O/c26-20(10-14-6-7-14)23-11-16-8-9-17-21(16)25-13-18(24-19(25)12-22-17)15-4-2-1-3-5-15/h8,12-15H,1-7,9-11H2,(H,23,26). The predicted molar refractivity (Wildman–Crippen MR) is 101 cm³/mol. The van der Waals surface area contributed by atoms with Crippen molar-refractivity contribution in [3.8, 4) is 0 Å². The fourth-order valence-corrected chi connectivity index (χ4v) is 4.43. The fraction of sp³-hybridized carbons (Fsp3) is 0.571. The lowest BCUT2D eigenvalue weighted by Gasteiger charge is -2.19. The number of carbonyl (C=O) groups is 1. The van der Waals surface area contributed by atoms with Gasteiger partial charge in [0.05, 0.1) is 23.3 Å².